The molecule has 280 valence electrons. The average molecular weight is 802 g/mol. The molecule has 0 unspecified atom stereocenters. The third-order valence-electron chi connectivity index (χ3n) is 9.39. The lowest BCUT2D eigenvalue weighted by molar-refractivity contribution is -0.117. The number of hydrogen-bond acceptors (Lipinski definition) is 7. The molecule has 0 saturated heterocycles. The van der Waals surface area contributed by atoms with Gasteiger partial charge in [0.25, 0.3) is 5.70 Å². The molecule has 0 aliphatic carbocycles. The minimum Gasteiger partial charge on any atom is -0.373 e. The van der Waals surface area contributed by atoms with Gasteiger partial charge >= 0.3 is 8.80 Å². The predicted octanol–water partition coefficient (Wildman–Crippen LogP) is 11.9. The van der Waals surface area contributed by atoms with Gasteiger partial charge in [-0.05, 0) is 118 Å². The molecule has 55 heavy (non-hydrogen) atoms. The van der Waals surface area contributed by atoms with E-state index in [0.717, 1.165) is 21.0 Å². The summed E-state index contributed by atoms with van der Waals surface area (Å²) in [6.45, 7) is 21.0. The quantitative estimate of drug-likeness (QED) is 0.0676. The van der Waals surface area contributed by atoms with E-state index < -0.39 is 14.7 Å². The maximum absolute atomic E-state index is 13.2. The Morgan fingerprint density at radius 2 is 1.31 bits per heavy atom. The van der Waals surface area contributed by atoms with Gasteiger partial charge in [-0.2, -0.15) is 0 Å². The minimum atomic E-state index is -3.10. The first kappa shape index (κ1) is 38.6. The molecular weight excluding hydrogens is 759 g/mol. The number of nitrogens with zero attached hydrogens (tertiary/aromatic N) is 2. The van der Waals surface area contributed by atoms with E-state index in [4.69, 9.17) is 19.9 Å². The highest BCUT2D eigenvalue weighted by atomic mass is 32.1. The molecule has 1 N–H and O–H groups in total. The van der Waals surface area contributed by atoms with E-state index in [1.807, 2.05) is 39.0 Å². The summed E-state index contributed by atoms with van der Waals surface area (Å²) in [4.78, 5) is 23.8. The Balaban J connectivity index is 1.15. The number of fused-ring (bicyclic) bond motifs is 3. The number of rotatable bonds is 14. The van der Waals surface area contributed by atoms with Crippen molar-refractivity contribution in [2.24, 2.45) is 0 Å². The molecule has 0 fully saturated rings. The van der Waals surface area contributed by atoms with Crippen LogP contribution in [0, 0.1) is 27.3 Å². The monoisotopic (exact) mass is 801 g/mol. The van der Waals surface area contributed by atoms with Crippen molar-refractivity contribution in [1.82, 2.24) is 9.88 Å². The standard InChI is InChI=1S/C44H43N3O4S3Si/c1-8-49-55(50-9-2,51-10-3)27-46-44(48)35(45-7)26-38-28(4)22-40(52-38)42-30(6)24-41(54-42)43-29(5)23-39(53-43)31-20-21-37-34(25-31)33-18-14-15-19-36(33)47(37)32-16-12-11-13-17-32/h11-26H,8-10,27H2,1-6H3,(H,46,48)/b35-26-. The Labute approximate surface area is 335 Å². The number of carbonyl (C=O) groups is 1. The molecule has 0 spiro atoms. The number of aryl methyl sites for hydroxylation is 3. The number of nitrogens with one attached hydrogen (secondary N) is 1. The average Bonchev–Trinajstić information content (AvgIpc) is 3.95. The number of thiophene rings is 3. The molecule has 1 amide bonds. The summed E-state index contributed by atoms with van der Waals surface area (Å²) in [5.74, 6) is -0.472. The van der Waals surface area contributed by atoms with Gasteiger partial charge in [-0.1, -0.05) is 42.5 Å². The van der Waals surface area contributed by atoms with Crippen molar-refractivity contribution in [3.05, 3.63) is 130 Å². The lowest BCUT2D eigenvalue weighted by Gasteiger charge is -2.28. The van der Waals surface area contributed by atoms with Gasteiger partial charge in [-0.15, -0.1) is 34.0 Å². The van der Waals surface area contributed by atoms with E-state index in [1.54, 1.807) is 28.7 Å². The van der Waals surface area contributed by atoms with Gasteiger partial charge in [0.05, 0.1) is 23.8 Å². The number of para-hydroxylation sites is 2. The topological polar surface area (TPSA) is 66.1 Å². The van der Waals surface area contributed by atoms with Crippen LogP contribution in [0.5, 0.6) is 0 Å². The number of aromatic nitrogens is 1. The Morgan fingerprint density at radius 3 is 1.98 bits per heavy atom. The molecule has 0 bridgehead atoms. The number of hydrogen-bond donors (Lipinski definition) is 1. The molecule has 7 nitrogen and oxygen atoms in total. The number of benzene rings is 3. The second kappa shape index (κ2) is 16.6. The maximum atomic E-state index is 13.2. The van der Waals surface area contributed by atoms with Gasteiger partial charge in [0, 0.05) is 65.5 Å². The van der Waals surface area contributed by atoms with Gasteiger partial charge in [0.2, 0.25) is 5.91 Å². The predicted molar refractivity (Wildman–Crippen MR) is 233 cm³/mol. The molecule has 4 heterocycles. The van der Waals surface area contributed by atoms with Crippen LogP contribution >= 0.6 is 34.0 Å². The summed E-state index contributed by atoms with van der Waals surface area (Å²) < 4.78 is 20.0. The highest BCUT2D eigenvalue weighted by molar-refractivity contribution is 7.27. The summed E-state index contributed by atoms with van der Waals surface area (Å²) in [7, 11) is -3.10. The van der Waals surface area contributed by atoms with Crippen molar-refractivity contribution < 1.29 is 18.1 Å². The second-order valence-corrected chi connectivity index (χ2v) is 18.9. The molecule has 0 aliphatic heterocycles. The molecule has 3 aromatic carbocycles. The normalized spacial score (nSPS) is 12.1. The number of amides is 1. The third-order valence-corrected chi connectivity index (χ3v) is 16.3. The summed E-state index contributed by atoms with van der Waals surface area (Å²) in [6.07, 6.45) is 1.78. The number of carbonyl (C=O) groups excluding carboxylic acids is 1. The fourth-order valence-electron chi connectivity index (χ4n) is 6.93. The van der Waals surface area contributed by atoms with Gasteiger partial charge in [-0.3, -0.25) is 4.79 Å². The van der Waals surface area contributed by atoms with E-state index in [2.05, 4.69) is 120 Å². The van der Waals surface area contributed by atoms with E-state index in [-0.39, 0.29) is 11.9 Å². The molecule has 0 saturated carbocycles. The maximum Gasteiger partial charge on any atom is 0.521 e. The zero-order valence-corrected chi connectivity index (χ0v) is 35.3. The van der Waals surface area contributed by atoms with Crippen LogP contribution in [0.15, 0.2) is 96.7 Å². The Hall–Kier alpha value is -4.64. The van der Waals surface area contributed by atoms with Crippen LogP contribution in [-0.4, -0.2) is 45.3 Å². The van der Waals surface area contributed by atoms with Gasteiger partial charge in [0.15, 0.2) is 0 Å². The molecule has 11 heteroatoms. The third kappa shape index (κ3) is 7.77. The molecule has 0 atom stereocenters. The molecular formula is C44H43N3O4S3Si. The first-order chi connectivity index (χ1) is 26.7. The Kier molecular flexibility index (Phi) is 11.7. The van der Waals surface area contributed by atoms with Crippen LogP contribution < -0.4 is 5.32 Å². The van der Waals surface area contributed by atoms with Crippen LogP contribution in [0.1, 0.15) is 42.3 Å². The van der Waals surface area contributed by atoms with Crippen LogP contribution in [0.4, 0.5) is 0 Å². The van der Waals surface area contributed by atoms with Crippen LogP contribution in [0.2, 0.25) is 0 Å². The van der Waals surface area contributed by atoms with Gasteiger partial charge < -0.3 is 23.2 Å². The molecule has 4 aromatic heterocycles. The summed E-state index contributed by atoms with van der Waals surface area (Å²) in [6, 6.07) is 32.8. The lowest BCUT2D eigenvalue weighted by Crippen LogP contribution is -2.55. The summed E-state index contributed by atoms with van der Waals surface area (Å²) in [5, 5.41) is 5.34. The Morgan fingerprint density at radius 1 is 0.727 bits per heavy atom. The SMILES string of the molecule is [C-]#[N+]/C(=C\c1sc(-c2sc(-c3sc(-c4ccc5c(c4)c4ccccc4n5-c4ccccc4)cc3C)cc2C)cc1C)C(=O)NC[Si](OCC)(OCC)OCC. The van der Waals surface area contributed by atoms with Crippen molar-refractivity contribution in [2.75, 3.05) is 26.0 Å². The first-order valence-corrected chi connectivity index (χ1v) is 22.8. The van der Waals surface area contributed by atoms with Crippen LogP contribution in [0.3, 0.4) is 0 Å². The van der Waals surface area contributed by atoms with E-state index in [1.165, 1.54) is 58.0 Å². The zero-order chi connectivity index (χ0) is 38.7. The first-order valence-electron chi connectivity index (χ1n) is 18.4. The van der Waals surface area contributed by atoms with Gasteiger partial charge in [-0.25, -0.2) is 4.85 Å². The lowest BCUT2D eigenvalue weighted by atomic mass is 10.1. The summed E-state index contributed by atoms with van der Waals surface area (Å²) in [5.41, 5.74) is 8.25. The molecule has 0 aliphatic rings. The van der Waals surface area contributed by atoms with Crippen molar-refractivity contribution >= 4 is 76.6 Å². The molecule has 0 radical (unpaired) electrons. The van der Waals surface area contributed by atoms with Crippen molar-refractivity contribution in [3.8, 4) is 35.6 Å². The Bertz CT molecular complexity index is 2560. The van der Waals surface area contributed by atoms with E-state index in [0.29, 0.717) is 19.8 Å². The van der Waals surface area contributed by atoms with E-state index >= 15 is 0 Å². The largest absolute Gasteiger partial charge is 0.521 e. The van der Waals surface area contributed by atoms with Crippen molar-refractivity contribution in [2.45, 2.75) is 41.5 Å². The second-order valence-electron chi connectivity index (χ2n) is 13.1. The highest BCUT2D eigenvalue weighted by Gasteiger charge is 2.41. The van der Waals surface area contributed by atoms with Crippen molar-refractivity contribution in [1.29, 1.82) is 0 Å². The smallest absolute Gasteiger partial charge is 0.373 e. The molecule has 7 rings (SSSR count). The zero-order valence-electron chi connectivity index (χ0n) is 31.8. The summed E-state index contributed by atoms with van der Waals surface area (Å²) >= 11 is 5.23. The minimum absolute atomic E-state index is 0.0112. The van der Waals surface area contributed by atoms with Crippen LogP contribution in [-0.2, 0) is 18.1 Å². The molecule has 7 aromatic rings. The van der Waals surface area contributed by atoms with E-state index in [9.17, 15) is 4.79 Å². The van der Waals surface area contributed by atoms with Gasteiger partial charge in [0.1, 0.15) is 0 Å². The highest BCUT2D eigenvalue weighted by Crippen LogP contribution is 2.47. The fraction of sp³-hybridized carbons (Fsp3) is 0.227. The fourth-order valence-corrected chi connectivity index (χ4v) is 13.0. The van der Waals surface area contributed by atoms with Crippen molar-refractivity contribution in [3.63, 3.8) is 0 Å². The van der Waals surface area contributed by atoms with Crippen LogP contribution in [0.25, 0.3) is 68.4 Å².